The maximum Gasteiger partial charge on any atom is 0.254 e. The van der Waals surface area contributed by atoms with E-state index in [0.717, 1.165) is 38.2 Å². The molecule has 0 bridgehead atoms. The summed E-state index contributed by atoms with van der Waals surface area (Å²) in [4.78, 5) is 27.6. The zero-order valence-corrected chi connectivity index (χ0v) is 16.0. The molecule has 7 heteroatoms. The van der Waals surface area contributed by atoms with Crippen LogP contribution in [-0.2, 0) is 6.54 Å². The molecule has 0 unspecified atom stereocenters. The smallest absolute Gasteiger partial charge is 0.254 e. The second-order valence-electron chi connectivity index (χ2n) is 7.15. The first-order chi connectivity index (χ1) is 14.2. The topological polar surface area (TPSA) is 71.0 Å². The van der Waals surface area contributed by atoms with Crippen LogP contribution in [0.25, 0.3) is 11.4 Å². The molecule has 1 aromatic carbocycles. The summed E-state index contributed by atoms with van der Waals surface area (Å²) in [6.07, 6.45) is 6.56. The minimum Gasteiger partial charge on any atom is -0.349 e. The molecule has 1 aliphatic heterocycles. The summed E-state index contributed by atoms with van der Waals surface area (Å²) in [5.41, 5.74) is 2.05. The van der Waals surface area contributed by atoms with Gasteiger partial charge in [0.05, 0.1) is 11.3 Å². The SMILES string of the molecule is O=C(NC1CCN(Cc2ccccn2)CC1)c1cnc(-c2cccc(F)c2)nc1. The molecule has 0 saturated carbocycles. The Labute approximate surface area is 168 Å². The summed E-state index contributed by atoms with van der Waals surface area (Å²) in [7, 11) is 0. The van der Waals surface area contributed by atoms with Gasteiger partial charge in [0.15, 0.2) is 5.82 Å². The third-order valence-electron chi connectivity index (χ3n) is 5.03. The monoisotopic (exact) mass is 391 g/mol. The highest BCUT2D eigenvalue weighted by Crippen LogP contribution is 2.16. The number of nitrogens with zero attached hydrogens (tertiary/aromatic N) is 4. The van der Waals surface area contributed by atoms with E-state index in [9.17, 15) is 9.18 Å². The van der Waals surface area contributed by atoms with Gasteiger partial charge < -0.3 is 5.32 Å². The van der Waals surface area contributed by atoms with Crippen molar-refractivity contribution < 1.29 is 9.18 Å². The standard InChI is InChI=1S/C22H22FN5O/c23-18-5-3-4-16(12-18)21-25-13-17(14-26-21)22(29)27-19-7-10-28(11-8-19)15-20-6-1-2-9-24-20/h1-6,9,12-14,19H,7-8,10-11,15H2,(H,27,29). The zero-order chi connectivity index (χ0) is 20.1. The van der Waals surface area contributed by atoms with Crippen LogP contribution in [0.15, 0.2) is 61.1 Å². The number of nitrogens with one attached hydrogen (secondary N) is 1. The molecule has 29 heavy (non-hydrogen) atoms. The van der Waals surface area contributed by atoms with Gasteiger partial charge in [-0.15, -0.1) is 0 Å². The molecule has 0 atom stereocenters. The number of hydrogen-bond acceptors (Lipinski definition) is 5. The van der Waals surface area contributed by atoms with Crippen LogP contribution in [0.2, 0.25) is 0 Å². The molecule has 6 nitrogen and oxygen atoms in total. The number of pyridine rings is 1. The minimum absolute atomic E-state index is 0.130. The normalized spacial score (nSPS) is 15.2. The van der Waals surface area contributed by atoms with E-state index in [0.29, 0.717) is 17.0 Å². The van der Waals surface area contributed by atoms with E-state index in [-0.39, 0.29) is 17.8 Å². The Balaban J connectivity index is 1.30. The van der Waals surface area contributed by atoms with Crippen molar-refractivity contribution in [3.05, 3.63) is 78.1 Å². The number of halogens is 1. The lowest BCUT2D eigenvalue weighted by atomic mass is 10.0. The Kier molecular flexibility index (Phi) is 5.86. The molecule has 0 aliphatic carbocycles. The van der Waals surface area contributed by atoms with E-state index < -0.39 is 0 Å². The van der Waals surface area contributed by atoms with Crippen molar-refractivity contribution in [2.45, 2.75) is 25.4 Å². The number of rotatable bonds is 5. The van der Waals surface area contributed by atoms with Crippen molar-refractivity contribution >= 4 is 5.91 Å². The molecule has 2 aromatic heterocycles. The van der Waals surface area contributed by atoms with E-state index in [1.807, 2.05) is 24.4 Å². The Hall–Kier alpha value is -3.19. The summed E-state index contributed by atoms with van der Waals surface area (Å²) >= 11 is 0. The van der Waals surface area contributed by atoms with Gasteiger partial charge in [-0.3, -0.25) is 14.7 Å². The second kappa shape index (κ2) is 8.87. The lowest BCUT2D eigenvalue weighted by molar-refractivity contribution is 0.0908. The quantitative estimate of drug-likeness (QED) is 0.724. The average Bonchev–Trinajstić information content (AvgIpc) is 2.76. The molecule has 1 saturated heterocycles. The molecule has 3 aromatic rings. The summed E-state index contributed by atoms with van der Waals surface area (Å²) in [6.45, 7) is 2.66. The van der Waals surface area contributed by atoms with E-state index >= 15 is 0 Å². The van der Waals surface area contributed by atoms with Gasteiger partial charge in [0.1, 0.15) is 5.82 Å². The van der Waals surface area contributed by atoms with Gasteiger partial charge >= 0.3 is 0 Å². The molecular weight excluding hydrogens is 369 g/mol. The van der Waals surface area contributed by atoms with Crippen LogP contribution in [0.3, 0.4) is 0 Å². The summed E-state index contributed by atoms with van der Waals surface area (Å²) < 4.78 is 13.3. The van der Waals surface area contributed by atoms with Gasteiger partial charge in [0.25, 0.3) is 5.91 Å². The van der Waals surface area contributed by atoms with Crippen LogP contribution in [0.4, 0.5) is 4.39 Å². The first-order valence-corrected chi connectivity index (χ1v) is 9.68. The third kappa shape index (κ3) is 5.00. The summed E-state index contributed by atoms with van der Waals surface area (Å²) in [6, 6.07) is 12.1. The highest BCUT2D eigenvalue weighted by atomic mass is 19.1. The maximum atomic E-state index is 13.3. The van der Waals surface area contributed by atoms with Gasteiger partial charge in [-0.1, -0.05) is 18.2 Å². The number of hydrogen-bond donors (Lipinski definition) is 1. The third-order valence-corrected chi connectivity index (χ3v) is 5.03. The van der Waals surface area contributed by atoms with E-state index in [4.69, 9.17) is 0 Å². The predicted molar refractivity (Wildman–Crippen MR) is 107 cm³/mol. The van der Waals surface area contributed by atoms with Crippen molar-refractivity contribution in [2.75, 3.05) is 13.1 Å². The minimum atomic E-state index is -0.345. The molecule has 0 spiro atoms. The number of aromatic nitrogens is 3. The molecule has 148 valence electrons. The van der Waals surface area contributed by atoms with Gasteiger partial charge in [-0.05, 0) is 37.1 Å². The maximum absolute atomic E-state index is 13.3. The van der Waals surface area contributed by atoms with Crippen LogP contribution in [-0.4, -0.2) is 44.9 Å². The molecule has 4 rings (SSSR count). The van der Waals surface area contributed by atoms with Crippen molar-refractivity contribution in [1.29, 1.82) is 0 Å². The van der Waals surface area contributed by atoms with E-state index in [1.165, 1.54) is 24.5 Å². The number of carbonyl (C=O) groups excluding carboxylic acids is 1. The highest BCUT2D eigenvalue weighted by molar-refractivity contribution is 5.93. The molecule has 1 aliphatic rings. The van der Waals surface area contributed by atoms with Crippen molar-refractivity contribution in [3.8, 4) is 11.4 Å². The van der Waals surface area contributed by atoms with Crippen LogP contribution in [0, 0.1) is 5.82 Å². The number of benzene rings is 1. The Morgan fingerprint density at radius 1 is 1.07 bits per heavy atom. The van der Waals surface area contributed by atoms with Crippen LogP contribution in [0.5, 0.6) is 0 Å². The number of carbonyl (C=O) groups is 1. The Morgan fingerprint density at radius 2 is 1.86 bits per heavy atom. The average molecular weight is 391 g/mol. The second-order valence-corrected chi connectivity index (χ2v) is 7.15. The fourth-order valence-corrected chi connectivity index (χ4v) is 3.45. The summed E-state index contributed by atoms with van der Waals surface area (Å²) in [5, 5.41) is 3.07. The van der Waals surface area contributed by atoms with Crippen LogP contribution >= 0.6 is 0 Å². The van der Waals surface area contributed by atoms with E-state index in [1.54, 1.807) is 12.1 Å². The fourth-order valence-electron chi connectivity index (χ4n) is 3.45. The first-order valence-electron chi connectivity index (χ1n) is 9.68. The first kappa shape index (κ1) is 19.1. The number of amides is 1. The van der Waals surface area contributed by atoms with Gasteiger partial charge in [0.2, 0.25) is 0 Å². The highest BCUT2D eigenvalue weighted by Gasteiger charge is 2.21. The molecule has 0 radical (unpaired) electrons. The summed E-state index contributed by atoms with van der Waals surface area (Å²) in [5.74, 6) is -0.134. The van der Waals surface area contributed by atoms with Crippen molar-refractivity contribution in [2.24, 2.45) is 0 Å². The lowest BCUT2D eigenvalue weighted by Gasteiger charge is -2.32. The molecule has 1 fully saturated rings. The fraction of sp³-hybridized carbons (Fsp3) is 0.273. The molecule has 1 amide bonds. The molecular formula is C22H22FN5O. The van der Waals surface area contributed by atoms with Crippen molar-refractivity contribution in [3.63, 3.8) is 0 Å². The Bertz CT molecular complexity index is 956. The number of piperidine rings is 1. The molecule has 1 N–H and O–H groups in total. The van der Waals surface area contributed by atoms with E-state index in [2.05, 4.69) is 25.2 Å². The van der Waals surface area contributed by atoms with Gasteiger partial charge in [0, 0.05) is 49.8 Å². The number of likely N-dealkylation sites (tertiary alicyclic amines) is 1. The Morgan fingerprint density at radius 3 is 2.55 bits per heavy atom. The zero-order valence-electron chi connectivity index (χ0n) is 16.0. The van der Waals surface area contributed by atoms with Crippen molar-refractivity contribution in [1.82, 2.24) is 25.2 Å². The lowest BCUT2D eigenvalue weighted by Crippen LogP contribution is -2.44. The predicted octanol–water partition coefficient (Wildman–Crippen LogP) is 3.07. The van der Waals surface area contributed by atoms with Crippen LogP contribution < -0.4 is 5.32 Å². The van der Waals surface area contributed by atoms with Crippen LogP contribution in [0.1, 0.15) is 28.9 Å². The van der Waals surface area contributed by atoms with Gasteiger partial charge in [-0.25, -0.2) is 14.4 Å². The van der Waals surface area contributed by atoms with Gasteiger partial charge in [-0.2, -0.15) is 0 Å². The largest absolute Gasteiger partial charge is 0.349 e. The molecule has 3 heterocycles.